The van der Waals surface area contributed by atoms with Crippen LogP contribution in [0.5, 0.6) is 5.75 Å². The minimum Gasteiger partial charge on any atom is -0.406 e. The number of benzene rings is 3. The molecular weight excluding hydrogens is 501 g/mol. The minimum absolute atomic E-state index is 0.240. The van der Waals surface area contributed by atoms with Crippen molar-refractivity contribution in [3.63, 3.8) is 0 Å². The van der Waals surface area contributed by atoms with Crippen molar-refractivity contribution in [3.8, 4) is 16.9 Å². The highest BCUT2D eigenvalue weighted by Crippen LogP contribution is 2.33. The Kier molecular flexibility index (Phi) is 9.10. The van der Waals surface area contributed by atoms with E-state index in [0.29, 0.717) is 19.6 Å². The van der Waals surface area contributed by atoms with Crippen molar-refractivity contribution in [2.24, 2.45) is 5.73 Å². The average molecular weight is 531 g/mol. The number of aromatic nitrogens is 1. The average Bonchev–Trinajstić information content (AvgIpc) is 3.23. The number of halogens is 4. The molecule has 196 valence electrons. The molecule has 0 bridgehead atoms. The standard InChI is InChI=1S/C28H30ClF3N4O/c29-26-5-2-1-4-22(26)18-35-14-13-34-17-20-6-11-27-24(16-20)25(19-36(27)15-3-12-33)21-7-9-23(10-8-21)37-28(30,31)32/h1-2,4-11,16,19,34-35H,3,12-15,17-18,33H2. The fourth-order valence-electron chi connectivity index (χ4n) is 4.24. The lowest BCUT2D eigenvalue weighted by Crippen LogP contribution is -2.26. The van der Waals surface area contributed by atoms with E-state index in [1.807, 2.05) is 30.5 Å². The highest BCUT2D eigenvalue weighted by atomic mass is 35.5. The molecular formula is C28H30ClF3N4O. The molecule has 9 heteroatoms. The van der Waals surface area contributed by atoms with Crippen molar-refractivity contribution in [1.82, 2.24) is 15.2 Å². The molecule has 0 aliphatic heterocycles. The van der Waals surface area contributed by atoms with Gasteiger partial charge in [0.1, 0.15) is 5.75 Å². The van der Waals surface area contributed by atoms with Crippen LogP contribution in [-0.4, -0.2) is 30.6 Å². The number of hydrogen-bond acceptors (Lipinski definition) is 4. The van der Waals surface area contributed by atoms with Gasteiger partial charge in [-0.05, 0) is 60.0 Å². The van der Waals surface area contributed by atoms with Crippen molar-refractivity contribution in [1.29, 1.82) is 0 Å². The Labute approximate surface area is 219 Å². The van der Waals surface area contributed by atoms with E-state index < -0.39 is 6.36 Å². The summed E-state index contributed by atoms with van der Waals surface area (Å²) in [6.07, 6.45) is -1.85. The first kappa shape index (κ1) is 27.0. The molecule has 4 rings (SSSR count). The summed E-state index contributed by atoms with van der Waals surface area (Å²) in [6.45, 7) is 4.31. The lowest BCUT2D eigenvalue weighted by molar-refractivity contribution is -0.274. The van der Waals surface area contributed by atoms with Gasteiger partial charge in [-0.2, -0.15) is 0 Å². The van der Waals surface area contributed by atoms with Gasteiger partial charge in [0.15, 0.2) is 0 Å². The summed E-state index contributed by atoms with van der Waals surface area (Å²) >= 11 is 6.20. The van der Waals surface area contributed by atoms with E-state index in [-0.39, 0.29) is 5.75 Å². The fraction of sp³-hybridized carbons (Fsp3) is 0.286. The van der Waals surface area contributed by atoms with Crippen LogP contribution < -0.4 is 21.1 Å². The minimum atomic E-state index is -4.72. The van der Waals surface area contributed by atoms with Crippen LogP contribution in [0.25, 0.3) is 22.0 Å². The highest BCUT2D eigenvalue weighted by Gasteiger charge is 2.31. The van der Waals surface area contributed by atoms with Crippen LogP contribution >= 0.6 is 11.6 Å². The predicted octanol–water partition coefficient (Wildman–Crippen LogP) is 6.09. The second-order valence-electron chi connectivity index (χ2n) is 8.75. The number of hydrogen-bond donors (Lipinski definition) is 3. The van der Waals surface area contributed by atoms with Gasteiger partial charge >= 0.3 is 6.36 Å². The highest BCUT2D eigenvalue weighted by molar-refractivity contribution is 6.31. The fourth-order valence-corrected chi connectivity index (χ4v) is 4.44. The van der Waals surface area contributed by atoms with Gasteiger partial charge in [0.2, 0.25) is 0 Å². The largest absolute Gasteiger partial charge is 0.573 e. The van der Waals surface area contributed by atoms with Crippen molar-refractivity contribution < 1.29 is 17.9 Å². The van der Waals surface area contributed by atoms with Gasteiger partial charge in [-0.1, -0.05) is 48.0 Å². The molecule has 0 fully saturated rings. The molecule has 0 unspecified atom stereocenters. The van der Waals surface area contributed by atoms with Crippen LogP contribution in [0.2, 0.25) is 5.02 Å². The second kappa shape index (κ2) is 12.5. The number of aryl methyl sites for hydroxylation is 1. The van der Waals surface area contributed by atoms with Gasteiger partial charge in [-0.3, -0.25) is 0 Å². The molecule has 0 aliphatic carbocycles. The van der Waals surface area contributed by atoms with Gasteiger partial charge in [-0.25, -0.2) is 0 Å². The maximum Gasteiger partial charge on any atom is 0.573 e. The number of fused-ring (bicyclic) bond motifs is 1. The Balaban J connectivity index is 1.44. The number of ether oxygens (including phenoxy) is 1. The molecule has 3 aromatic carbocycles. The summed E-state index contributed by atoms with van der Waals surface area (Å²) in [5.41, 5.74) is 10.7. The quantitative estimate of drug-likeness (QED) is 0.194. The molecule has 0 aliphatic rings. The summed E-state index contributed by atoms with van der Waals surface area (Å²) in [4.78, 5) is 0. The number of alkyl halides is 3. The van der Waals surface area contributed by atoms with E-state index in [0.717, 1.165) is 64.2 Å². The molecule has 4 aromatic rings. The zero-order valence-electron chi connectivity index (χ0n) is 20.3. The van der Waals surface area contributed by atoms with E-state index in [4.69, 9.17) is 17.3 Å². The maximum absolute atomic E-state index is 12.6. The van der Waals surface area contributed by atoms with E-state index in [2.05, 4.69) is 38.1 Å². The van der Waals surface area contributed by atoms with Crippen LogP contribution in [-0.2, 0) is 19.6 Å². The van der Waals surface area contributed by atoms with Gasteiger partial charge in [0.25, 0.3) is 0 Å². The third-order valence-corrected chi connectivity index (χ3v) is 6.40. The summed E-state index contributed by atoms with van der Waals surface area (Å²) in [5.74, 6) is -0.240. The summed E-state index contributed by atoms with van der Waals surface area (Å²) in [5, 5.41) is 8.64. The second-order valence-corrected chi connectivity index (χ2v) is 9.15. The monoisotopic (exact) mass is 530 g/mol. The number of nitrogens with zero attached hydrogens (tertiary/aromatic N) is 1. The van der Waals surface area contributed by atoms with Crippen molar-refractivity contribution in [2.75, 3.05) is 19.6 Å². The first-order chi connectivity index (χ1) is 17.8. The Hall–Kier alpha value is -3.04. The molecule has 37 heavy (non-hydrogen) atoms. The van der Waals surface area contributed by atoms with Crippen molar-refractivity contribution in [2.45, 2.75) is 32.4 Å². The lowest BCUT2D eigenvalue weighted by Gasteiger charge is -2.10. The van der Waals surface area contributed by atoms with Gasteiger partial charge in [0, 0.05) is 60.4 Å². The molecule has 5 nitrogen and oxygen atoms in total. The molecule has 0 saturated heterocycles. The molecule has 1 aromatic heterocycles. The SMILES string of the molecule is NCCCn1cc(-c2ccc(OC(F)(F)F)cc2)c2cc(CNCCNCc3ccccc3Cl)ccc21. The van der Waals surface area contributed by atoms with Gasteiger partial charge < -0.3 is 25.7 Å². The normalized spacial score (nSPS) is 11.8. The molecule has 0 amide bonds. The summed E-state index contributed by atoms with van der Waals surface area (Å²) in [6, 6.07) is 20.1. The van der Waals surface area contributed by atoms with Crippen LogP contribution in [0.1, 0.15) is 17.5 Å². The third kappa shape index (κ3) is 7.49. The summed E-state index contributed by atoms with van der Waals surface area (Å²) in [7, 11) is 0. The van der Waals surface area contributed by atoms with Crippen LogP contribution in [0.3, 0.4) is 0 Å². The maximum atomic E-state index is 12.6. The zero-order valence-corrected chi connectivity index (χ0v) is 21.1. The van der Waals surface area contributed by atoms with Crippen molar-refractivity contribution >= 4 is 22.5 Å². The zero-order chi connectivity index (χ0) is 26.3. The molecule has 0 saturated carbocycles. The van der Waals surface area contributed by atoms with E-state index >= 15 is 0 Å². The third-order valence-electron chi connectivity index (χ3n) is 6.03. The molecule has 1 heterocycles. The Bertz CT molecular complexity index is 1310. The predicted molar refractivity (Wildman–Crippen MR) is 143 cm³/mol. The van der Waals surface area contributed by atoms with Crippen LogP contribution in [0.4, 0.5) is 13.2 Å². The topological polar surface area (TPSA) is 64.2 Å². The molecule has 0 spiro atoms. The molecule has 0 atom stereocenters. The smallest absolute Gasteiger partial charge is 0.406 e. The Morgan fingerprint density at radius 3 is 2.35 bits per heavy atom. The van der Waals surface area contributed by atoms with E-state index in [9.17, 15) is 13.2 Å². The van der Waals surface area contributed by atoms with E-state index in [1.165, 1.54) is 12.1 Å². The van der Waals surface area contributed by atoms with Gasteiger partial charge in [-0.15, -0.1) is 13.2 Å². The number of nitrogens with one attached hydrogen (secondary N) is 2. The number of rotatable bonds is 12. The summed E-state index contributed by atoms with van der Waals surface area (Å²) < 4.78 is 43.8. The van der Waals surface area contributed by atoms with Crippen LogP contribution in [0, 0.1) is 0 Å². The lowest BCUT2D eigenvalue weighted by atomic mass is 10.0. The molecule has 0 radical (unpaired) electrons. The first-order valence-electron chi connectivity index (χ1n) is 12.2. The molecule has 4 N–H and O–H groups in total. The Morgan fingerprint density at radius 1 is 0.919 bits per heavy atom. The van der Waals surface area contributed by atoms with Crippen molar-refractivity contribution in [3.05, 3.63) is 89.1 Å². The van der Waals surface area contributed by atoms with Gasteiger partial charge in [0.05, 0.1) is 0 Å². The number of nitrogens with two attached hydrogens (primary N) is 1. The van der Waals surface area contributed by atoms with E-state index in [1.54, 1.807) is 12.1 Å². The van der Waals surface area contributed by atoms with Crippen LogP contribution in [0.15, 0.2) is 72.9 Å². The Morgan fingerprint density at radius 2 is 1.65 bits per heavy atom. The first-order valence-corrected chi connectivity index (χ1v) is 12.5.